The zero-order chi connectivity index (χ0) is 18.5. The fourth-order valence-corrected chi connectivity index (χ4v) is 1.89. The Morgan fingerprint density at radius 3 is 2.17 bits per heavy atom. The van der Waals surface area contributed by atoms with E-state index in [-0.39, 0.29) is 17.6 Å². The van der Waals surface area contributed by atoms with Gasteiger partial charge in [-0.3, -0.25) is 4.79 Å². The Kier molecular flexibility index (Phi) is 13.8. The van der Waals surface area contributed by atoms with E-state index in [2.05, 4.69) is 19.2 Å². The predicted octanol–water partition coefficient (Wildman–Crippen LogP) is 4.21. The highest BCUT2D eigenvalue weighted by Crippen LogP contribution is 2.18. The van der Waals surface area contributed by atoms with Crippen LogP contribution in [0.4, 0.5) is 4.79 Å². The van der Waals surface area contributed by atoms with Crippen molar-refractivity contribution in [2.75, 3.05) is 20.1 Å². The molecule has 0 spiro atoms. The number of rotatable bonds is 3. The highest BCUT2D eigenvalue weighted by molar-refractivity contribution is 5.75. The summed E-state index contributed by atoms with van der Waals surface area (Å²) in [5.41, 5.74) is -0.372. The molecular formula is C18H38N2O3. The number of carbonyl (C=O) groups is 2. The van der Waals surface area contributed by atoms with E-state index in [1.54, 1.807) is 11.9 Å². The van der Waals surface area contributed by atoms with Crippen LogP contribution in [0, 0.1) is 5.92 Å². The van der Waals surface area contributed by atoms with Crippen LogP contribution in [0.3, 0.4) is 0 Å². The lowest BCUT2D eigenvalue weighted by atomic mass is 10.2. The van der Waals surface area contributed by atoms with Crippen LogP contribution in [0.15, 0.2) is 0 Å². The second-order valence-electron chi connectivity index (χ2n) is 6.60. The third-order valence-corrected chi connectivity index (χ3v) is 3.11. The lowest BCUT2D eigenvalue weighted by Crippen LogP contribution is -2.35. The van der Waals surface area contributed by atoms with Gasteiger partial charge in [0.15, 0.2) is 0 Å². The lowest BCUT2D eigenvalue weighted by molar-refractivity contribution is -0.120. The monoisotopic (exact) mass is 330 g/mol. The Labute approximate surface area is 143 Å². The first-order chi connectivity index (χ1) is 10.7. The van der Waals surface area contributed by atoms with Crippen molar-refractivity contribution in [3.63, 3.8) is 0 Å². The van der Waals surface area contributed by atoms with Crippen molar-refractivity contribution in [3.05, 3.63) is 0 Å². The normalized spacial score (nSPS) is 16.5. The van der Waals surface area contributed by atoms with Crippen LogP contribution in [0.1, 0.15) is 74.1 Å². The Hall–Kier alpha value is -1.26. The molecule has 5 nitrogen and oxygen atoms in total. The minimum atomic E-state index is -0.372. The maximum atomic E-state index is 11.5. The highest BCUT2D eigenvalue weighted by Gasteiger charge is 2.27. The van der Waals surface area contributed by atoms with Crippen LogP contribution in [0.2, 0.25) is 0 Å². The van der Waals surface area contributed by atoms with Gasteiger partial charge in [0.1, 0.15) is 5.60 Å². The Bertz CT molecular complexity index is 325. The van der Waals surface area contributed by atoms with Gasteiger partial charge in [-0.2, -0.15) is 0 Å². The van der Waals surface area contributed by atoms with Crippen molar-refractivity contribution in [1.29, 1.82) is 0 Å². The second-order valence-corrected chi connectivity index (χ2v) is 6.60. The van der Waals surface area contributed by atoms with E-state index in [1.165, 1.54) is 0 Å². The van der Waals surface area contributed by atoms with Crippen molar-refractivity contribution >= 4 is 12.0 Å². The fourth-order valence-electron chi connectivity index (χ4n) is 1.89. The molecule has 0 aliphatic carbocycles. The van der Waals surface area contributed by atoms with Gasteiger partial charge in [0, 0.05) is 26.6 Å². The number of amides is 2. The number of carbonyl (C=O) groups excluding carboxylic acids is 2. The van der Waals surface area contributed by atoms with Crippen molar-refractivity contribution in [2.24, 2.45) is 5.92 Å². The number of hydrogen-bond acceptors (Lipinski definition) is 3. The number of hydrogen-bond donors (Lipinski definition) is 1. The molecule has 0 aromatic carbocycles. The molecule has 1 fully saturated rings. The minimum Gasteiger partial charge on any atom is -0.444 e. The SMILES string of the molecule is CC.CC1CCN(C(=O)OC(C)(C)C)C1.CCCCC(=O)NC. The maximum Gasteiger partial charge on any atom is 0.410 e. The molecule has 1 N–H and O–H groups in total. The first-order valence-corrected chi connectivity index (χ1v) is 8.88. The van der Waals surface area contributed by atoms with Crippen molar-refractivity contribution in [2.45, 2.75) is 79.8 Å². The molecule has 0 aromatic heterocycles. The second kappa shape index (κ2) is 13.2. The summed E-state index contributed by atoms with van der Waals surface area (Å²) in [4.78, 5) is 23.8. The summed E-state index contributed by atoms with van der Waals surface area (Å²) in [5.74, 6) is 0.763. The summed E-state index contributed by atoms with van der Waals surface area (Å²) in [6.45, 7) is 15.6. The van der Waals surface area contributed by atoms with Crippen LogP contribution < -0.4 is 5.32 Å². The van der Waals surface area contributed by atoms with Crippen LogP contribution in [-0.2, 0) is 9.53 Å². The third kappa shape index (κ3) is 14.1. The molecule has 0 aromatic rings. The molecule has 1 unspecified atom stereocenters. The van der Waals surface area contributed by atoms with Crippen molar-refractivity contribution in [3.8, 4) is 0 Å². The van der Waals surface area contributed by atoms with E-state index >= 15 is 0 Å². The molecule has 2 amide bonds. The Morgan fingerprint density at radius 1 is 1.26 bits per heavy atom. The molecule has 1 heterocycles. The van der Waals surface area contributed by atoms with Crippen LogP contribution in [0.25, 0.3) is 0 Å². The van der Waals surface area contributed by atoms with Gasteiger partial charge in [-0.15, -0.1) is 0 Å². The summed E-state index contributed by atoms with van der Waals surface area (Å²) in [6, 6.07) is 0. The summed E-state index contributed by atoms with van der Waals surface area (Å²) in [5, 5.41) is 2.56. The van der Waals surface area contributed by atoms with Crippen LogP contribution >= 0.6 is 0 Å². The molecule has 1 aliphatic rings. The molecule has 23 heavy (non-hydrogen) atoms. The van der Waals surface area contributed by atoms with Gasteiger partial charge in [0.25, 0.3) is 0 Å². The highest BCUT2D eigenvalue weighted by atomic mass is 16.6. The van der Waals surface area contributed by atoms with E-state index in [0.29, 0.717) is 12.3 Å². The first-order valence-electron chi connectivity index (χ1n) is 8.88. The van der Waals surface area contributed by atoms with E-state index in [1.807, 2.05) is 34.6 Å². The zero-order valence-corrected chi connectivity index (χ0v) is 16.5. The Morgan fingerprint density at radius 2 is 1.83 bits per heavy atom. The summed E-state index contributed by atoms with van der Waals surface area (Å²) >= 11 is 0. The molecule has 0 saturated carbocycles. The molecule has 0 radical (unpaired) electrons. The lowest BCUT2D eigenvalue weighted by Gasteiger charge is -2.24. The van der Waals surface area contributed by atoms with Gasteiger partial charge >= 0.3 is 6.09 Å². The molecule has 138 valence electrons. The van der Waals surface area contributed by atoms with Gasteiger partial charge in [0.05, 0.1) is 0 Å². The van der Waals surface area contributed by atoms with Crippen LogP contribution in [-0.4, -0.2) is 42.6 Å². The van der Waals surface area contributed by atoms with E-state index in [0.717, 1.165) is 32.4 Å². The molecule has 1 saturated heterocycles. The first kappa shape index (κ1) is 24.0. The van der Waals surface area contributed by atoms with Gasteiger partial charge in [-0.05, 0) is 39.5 Å². The number of ether oxygens (including phenoxy) is 1. The standard InChI is InChI=1S/C10H19NO2.C6H13NO.C2H6/c1-8-5-6-11(7-8)9(12)13-10(2,3)4;1-3-4-5-6(8)7-2;1-2/h8H,5-7H2,1-4H3;3-5H2,1-2H3,(H,7,8);1-2H3. The molecule has 1 atom stereocenters. The molecule has 1 aliphatic heterocycles. The fraction of sp³-hybridized carbons (Fsp3) is 0.889. The number of nitrogens with one attached hydrogen (secondary N) is 1. The molecule has 0 bridgehead atoms. The predicted molar refractivity (Wildman–Crippen MR) is 96.5 cm³/mol. The van der Waals surface area contributed by atoms with E-state index in [4.69, 9.17) is 4.74 Å². The van der Waals surface area contributed by atoms with Crippen LogP contribution in [0.5, 0.6) is 0 Å². The van der Waals surface area contributed by atoms with Gasteiger partial charge in [0.2, 0.25) is 5.91 Å². The maximum absolute atomic E-state index is 11.5. The molecule has 5 heteroatoms. The summed E-state index contributed by atoms with van der Waals surface area (Å²) in [7, 11) is 1.66. The van der Waals surface area contributed by atoms with Crippen molar-refractivity contribution < 1.29 is 14.3 Å². The topological polar surface area (TPSA) is 58.6 Å². The van der Waals surface area contributed by atoms with Gasteiger partial charge in [-0.1, -0.05) is 34.1 Å². The largest absolute Gasteiger partial charge is 0.444 e. The minimum absolute atomic E-state index is 0.145. The summed E-state index contributed by atoms with van der Waals surface area (Å²) < 4.78 is 5.26. The third-order valence-electron chi connectivity index (χ3n) is 3.11. The number of likely N-dealkylation sites (tertiary alicyclic amines) is 1. The number of unbranched alkanes of at least 4 members (excludes halogenated alkanes) is 1. The zero-order valence-electron chi connectivity index (χ0n) is 16.5. The van der Waals surface area contributed by atoms with E-state index in [9.17, 15) is 9.59 Å². The average Bonchev–Trinajstić information content (AvgIpc) is 2.92. The molecular weight excluding hydrogens is 292 g/mol. The number of nitrogens with zero attached hydrogens (tertiary/aromatic N) is 1. The quantitative estimate of drug-likeness (QED) is 0.843. The van der Waals surface area contributed by atoms with Crippen molar-refractivity contribution in [1.82, 2.24) is 10.2 Å². The average molecular weight is 331 g/mol. The van der Waals surface area contributed by atoms with Gasteiger partial charge in [-0.25, -0.2) is 4.79 Å². The van der Waals surface area contributed by atoms with E-state index < -0.39 is 0 Å². The van der Waals surface area contributed by atoms with Gasteiger partial charge < -0.3 is 15.0 Å². The Balaban J connectivity index is 0. The summed E-state index contributed by atoms with van der Waals surface area (Å²) in [6.07, 6.45) is 3.69. The smallest absolute Gasteiger partial charge is 0.410 e. The molecule has 1 rings (SSSR count).